The smallest absolute Gasteiger partial charge is 0.201 e. The number of imidazole rings is 1. The lowest BCUT2D eigenvalue weighted by Gasteiger charge is -2.13. The van der Waals surface area contributed by atoms with Gasteiger partial charge in [-0.3, -0.25) is 0 Å². The van der Waals surface area contributed by atoms with E-state index in [0.29, 0.717) is 11.5 Å². The number of hydrogen-bond acceptors (Lipinski definition) is 3. The molecule has 0 aliphatic carbocycles. The highest BCUT2D eigenvalue weighted by atomic mass is 19.1. The van der Waals surface area contributed by atoms with Crippen LogP contribution in [0, 0.1) is 12.7 Å². The number of nitrogens with two attached hydrogens (primary N) is 1. The van der Waals surface area contributed by atoms with Crippen LogP contribution in [0.1, 0.15) is 24.5 Å². The van der Waals surface area contributed by atoms with Crippen molar-refractivity contribution < 1.29 is 8.81 Å². The number of furan rings is 1. The molecule has 5 heteroatoms. The van der Waals surface area contributed by atoms with Gasteiger partial charge in [0.2, 0.25) is 5.95 Å². The summed E-state index contributed by atoms with van der Waals surface area (Å²) in [5, 5.41) is 0. The summed E-state index contributed by atoms with van der Waals surface area (Å²) in [6.07, 6.45) is 0. The zero-order chi connectivity index (χ0) is 13.6. The van der Waals surface area contributed by atoms with Gasteiger partial charge in [0.15, 0.2) is 0 Å². The van der Waals surface area contributed by atoms with Gasteiger partial charge in [0.1, 0.15) is 17.3 Å². The van der Waals surface area contributed by atoms with Crippen molar-refractivity contribution in [3.8, 4) is 0 Å². The van der Waals surface area contributed by atoms with Crippen LogP contribution in [0.25, 0.3) is 11.0 Å². The minimum absolute atomic E-state index is 0.0934. The topological polar surface area (TPSA) is 57.0 Å². The number of nitrogen functional groups attached to an aromatic ring is 1. The van der Waals surface area contributed by atoms with Crippen molar-refractivity contribution in [2.24, 2.45) is 0 Å². The first-order valence-corrected chi connectivity index (χ1v) is 6.05. The molecule has 0 saturated heterocycles. The minimum atomic E-state index is -0.321. The molecule has 0 bridgehead atoms. The quantitative estimate of drug-likeness (QED) is 0.768. The van der Waals surface area contributed by atoms with Crippen LogP contribution >= 0.6 is 0 Å². The number of fused-ring (bicyclic) bond motifs is 1. The summed E-state index contributed by atoms with van der Waals surface area (Å²) in [5.41, 5.74) is 7.28. The van der Waals surface area contributed by atoms with Crippen molar-refractivity contribution in [1.29, 1.82) is 0 Å². The summed E-state index contributed by atoms with van der Waals surface area (Å²) in [6.45, 7) is 3.86. The summed E-state index contributed by atoms with van der Waals surface area (Å²) < 4.78 is 20.7. The van der Waals surface area contributed by atoms with Crippen molar-refractivity contribution >= 4 is 17.0 Å². The maximum atomic E-state index is 13.2. The molecule has 0 aliphatic heterocycles. The Balaban J connectivity index is 2.16. The van der Waals surface area contributed by atoms with E-state index in [4.69, 9.17) is 10.2 Å². The molecular formula is C14H14FN3O. The Morgan fingerprint density at radius 3 is 2.79 bits per heavy atom. The van der Waals surface area contributed by atoms with E-state index in [0.717, 1.165) is 17.0 Å². The number of halogens is 1. The van der Waals surface area contributed by atoms with Gasteiger partial charge in [-0.25, -0.2) is 9.37 Å². The van der Waals surface area contributed by atoms with Crippen LogP contribution in [0.4, 0.5) is 10.3 Å². The van der Waals surface area contributed by atoms with Crippen LogP contribution in [0.2, 0.25) is 0 Å². The van der Waals surface area contributed by atoms with E-state index < -0.39 is 0 Å². The molecule has 0 fully saturated rings. The van der Waals surface area contributed by atoms with Crippen molar-refractivity contribution in [3.63, 3.8) is 0 Å². The molecule has 19 heavy (non-hydrogen) atoms. The first-order valence-electron chi connectivity index (χ1n) is 6.05. The SMILES string of the molecule is Cc1ccc(C(C)n2c(N)nc3cc(F)ccc32)o1. The normalized spacial score (nSPS) is 13.0. The van der Waals surface area contributed by atoms with Gasteiger partial charge >= 0.3 is 0 Å². The van der Waals surface area contributed by atoms with Gasteiger partial charge < -0.3 is 14.7 Å². The summed E-state index contributed by atoms with van der Waals surface area (Å²) >= 11 is 0. The predicted molar refractivity (Wildman–Crippen MR) is 71.4 cm³/mol. The largest absolute Gasteiger partial charge is 0.464 e. The Hall–Kier alpha value is -2.30. The van der Waals surface area contributed by atoms with E-state index in [9.17, 15) is 4.39 Å². The van der Waals surface area contributed by atoms with Gasteiger partial charge in [-0.2, -0.15) is 0 Å². The van der Waals surface area contributed by atoms with Gasteiger partial charge in [-0.05, 0) is 38.1 Å². The second-order valence-electron chi connectivity index (χ2n) is 4.60. The summed E-state index contributed by atoms with van der Waals surface area (Å²) in [4.78, 5) is 4.19. The highest BCUT2D eigenvalue weighted by molar-refractivity contribution is 5.78. The van der Waals surface area contributed by atoms with Crippen molar-refractivity contribution in [3.05, 3.63) is 47.7 Å². The Bertz CT molecular complexity index is 744. The van der Waals surface area contributed by atoms with E-state index in [1.54, 1.807) is 6.07 Å². The number of hydrogen-bond donors (Lipinski definition) is 1. The molecule has 2 aromatic heterocycles. The molecule has 0 radical (unpaired) electrons. The number of anilines is 1. The third-order valence-corrected chi connectivity index (χ3v) is 3.24. The second-order valence-corrected chi connectivity index (χ2v) is 4.60. The average molecular weight is 259 g/mol. The predicted octanol–water partition coefficient (Wildman–Crippen LogP) is 3.27. The van der Waals surface area contributed by atoms with Crippen LogP contribution in [0.5, 0.6) is 0 Å². The Kier molecular flexibility index (Phi) is 2.55. The van der Waals surface area contributed by atoms with Crippen LogP contribution < -0.4 is 5.73 Å². The van der Waals surface area contributed by atoms with Crippen molar-refractivity contribution in [2.75, 3.05) is 5.73 Å². The van der Waals surface area contributed by atoms with E-state index >= 15 is 0 Å². The maximum Gasteiger partial charge on any atom is 0.201 e. The molecular weight excluding hydrogens is 245 g/mol. The zero-order valence-corrected chi connectivity index (χ0v) is 10.7. The van der Waals surface area contributed by atoms with Gasteiger partial charge in [-0.15, -0.1) is 0 Å². The number of aryl methyl sites for hydroxylation is 1. The van der Waals surface area contributed by atoms with Crippen LogP contribution in [-0.2, 0) is 0 Å². The standard InChI is InChI=1S/C14H14FN3O/c1-8-3-6-13(19-8)9(2)18-12-5-4-10(15)7-11(12)17-14(18)16/h3-7,9H,1-2H3,(H2,16,17). The number of rotatable bonds is 2. The van der Waals surface area contributed by atoms with Crippen molar-refractivity contribution in [2.45, 2.75) is 19.9 Å². The second kappa shape index (κ2) is 4.12. The van der Waals surface area contributed by atoms with E-state index in [1.807, 2.05) is 30.5 Å². The minimum Gasteiger partial charge on any atom is -0.464 e. The molecule has 0 aliphatic rings. The first kappa shape index (κ1) is 11.8. The van der Waals surface area contributed by atoms with Crippen LogP contribution in [-0.4, -0.2) is 9.55 Å². The highest BCUT2D eigenvalue weighted by Crippen LogP contribution is 2.28. The fourth-order valence-electron chi connectivity index (χ4n) is 2.30. The number of aromatic nitrogens is 2. The van der Waals surface area contributed by atoms with Crippen molar-refractivity contribution in [1.82, 2.24) is 9.55 Å². The molecule has 3 aromatic rings. The van der Waals surface area contributed by atoms with E-state index in [2.05, 4.69) is 4.98 Å². The van der Waals surface area contributed by atoms with E-state index in [-0.39, 0.29) is 11.9 Å². The summed E-state index contributed by atoms with van der Waals surface area (Å²) in [6, 6.07) is 8.18. The van der Waals surface area contributed by atoms with Gasteiger partial charge in [0, 0.05) is 6.07 Å². The molecule has 98 valence electrons. The first-order chi connectivity index (χ1) is 9.06. The molecule has 4 nitrogen and oxygen atoms in total. The molecule has 2 heterocycles. The maximum absolute atomic E-state index is 13.2. The molecule has 0 amide bonds. The lowest BCUT2D eigenvalue weighted by atomic mass is 10.2. The molecule has 0 saturated carbocycles. The average Bonchev–Trinajstić information content (AvgIpc) is 2.91. The Labute approximate surface area is 109 Å². The third kappa shape index (κ3) is 1.87. The lowest BCUT2D eigenvalue weighted by molar-refractivity contribution is 0.435. The van der Waals surface area contributed by atoms with Crippen LogP contribution in [0.15, 0.2) is 34.7 Å². The molecule has 1 atom stereocenters. The lowest BCUT2D eigenvalue weighted by Crippen LogP contribution is -2.09. The van der Waals surface area contributed by atoms with Crippen LogP contribution in [0.3, 0.4) is 0 Å². The molecule has 2 N–H and O–H groups in total. The van der Waals surface area contributed by atoms with Gasteiger partial charge in [0.25, 0.3) is 0 Å². The fourth-order valence-corrected chi connectivity index (χ4v) is 2.30. The highest BCUT2D eigenvalue weighted by Gasteiger charge is 2.18. The molecule has 1 unspecified atom stereocenters. The fraction of sp³-hybridized carbons (Fsp3) is 0.214. The summed E-state index contributed by atoms with van der Waals surface area (Å²) in [7, 11) is 0. The molecule has 0 spiro atoms. The molecule has 1 aromatic carbocycles. The monoisotopic (exact) mass is 259 g/mol. The zero-order valence-electron chi connectivity index (χ0n) is 10.7. The summed E-state index contributed by atoms with van der Waals surface area (Å²) in [5.74, 6) is 1.67. The Morgan fingerprint density at radius 2 is 2.11 bits per heavy atom. The molecule has 3 rings (SSSR count). The third-order valence-electron chi connectivity index (χ3n) is 3.24. The van der Waals surface area contributed by atoms with Gasteiger partial charge in [0.05, 0.1) is 17.1 Å². The number of nitrogens with zero attached hydrogens (tertiary/aromatic N) is 2. The van der Waals surface area contributed by atoms with Gasteiger partial charge in [-0.1, -0.05) is 0 Å². The van der Waals surface area contributed by atoms with E-state index in [1.165, 1.54) is 12.1 Å². The Morgan fingerprint density at radius 1 is 1.32 bits per heavy atom. The number of benzene rings is 1.